The van der Waals surface area contributed by atoms with Gasteiger partial charge in [0.15, 0.2) is 0 Å². The average Bonchev–Trinajstić information content (AvgIpc) is 2.31. The SMILES string of the molecule is CC1CN(C(=O)c2cc(Br)ccc2O)CCS1. The summed E-state index contributed by atoms with van der Waals surface area (Å²) in [6, 6.07) is 4.93. The van der Waals surface area contributed by atoms with Crippen molar-refractivity contribution in [3.63, 3.8) is 0 Å². The highest BCUT2D eigenvalue weighted by Gasteiger charge is 2.24. The summed E-state index contributed by atoms with van der Waals surface area (Å²) in [7, 11) is 0. The van der Waals surface area contributed by atoms with Gasteiger partial charge < -0.3 is 10.0 Å². The summed E-state index contributed by atoms with van der Waals surface area (Å²) in [6.07, 6.45) is 0. The number of carbonyl (C=O) groups excluding carboxylic acids is 1. The lowest BCUT2D eigenvalue weighted by atomic mass is 10.1. The fraction of sp³-hybridized carbons (Fsp3) is 0.417. The number of amides is 1. The van der Waals surface area contributed by atoms with Crippen LogP contribution in [0.5, 0.6) is 5.75 Å². The molecule has 2 rings (SSSR count). The molecular weight excluding hydrogens is 302 g/mol. The zero-order valence-corrected chi connectivity index (χ0v) is 11.9. The van der Waals surface area contributed by atoms with Crippen molar-refractivity contribution >= 4 is 33.6 Å². The Morgan fingerprint density at radius 1 is 1.59 bits per heavy atom. The molecule has 1 unspecified atom stereocenters. The number of carbonyl (C=O) groups is 1. The number of hydrogen-bond acceptors (Lipinski definition) is 3. The van der Waals surface area contributed by atoms with Crippen LogP contribution in [-0.2, 0) is 0 Å². The normalized spacial score (nSPS) is 20.4. The van der Waals surface area contributed by atoms with Gasteiger partial charge in [-0.15, -0.1) is 0 Å². The zero-order valence-electron chi connectivity index (χ0n) is 9.52. The van der Waals surface area contributed by atoms with Crippen LogP contribution in [0, 0.1) is 0 Å². The first-order chi connectivity index (χ1) is 8.08. The Balaban J connectivity index is 2.21. The van der Waals surface area contributed by atoms with Gasteiger partial charge in [0.1, 0.15) is 5.75 Å². The maximum atomic E-state index is 12.3. The molecule has 1 amide bonds. The van der Waals surface area contributed by atoms with Crippen LogP contribution < -0.4 is 0 Å². The largest absolute Gasteiger partial charge is 0.507 e. The van der Waals surface area contributed by atoms with E-state index in [9.17, 15) is 9.90 Å². The van der Waals surface area contributed by atoms with E-state index >= 15 is 0 Å². The fourth-order valence-electron chi connectivity index (χ4n) is 1.85. The van der Waals surface area contributed by atoms with Crippen molar-refractivity contribution in [3.05, 3.63) is 28.2 Å². The van der Waals surface area contributed by atoms with E-state index in [0.29, 0.717) is 10.8 Å². The van der Waals surface area contributed by atoms with E-state index in [4.69, 9.17) is 0 Å². The van der Waals surface area contributed by atoms with E-state index in [-0.39, 0.29) is 11.7 Å². The second-order valence-corrected chi connectivity index (χ2v) is 6.56. The summed E-state index contributed by atoms with van der Waals surface area (Å²) in [4.78, 5) is 14.1. The molecule has 1 heterocycles. The zero-order chi connectivity index (χ0) is 12.4. The smallest absolute Gasteiger partial charge is 0.257 e. The third-order valence-electron chi connectivity index (χ3n) is 2.72. The van der Waals surface area contributed by atoms with Crippen LogP contribution >= 0.6 is 27.7 Å². The molecule has 1 saturated heterocycles. The van der Waals surface area contributed by atoms with Crippen molar-refractivity contribution in [2.75, 3.05) is 18.8 Å². The Hall–Kier alpha value is -0.680. The van der Waals surface area contributed by atoms with Crippen molar-refractivity contribution in [2.24, 2.45) is 0 Å². The number of nitrogens with zero attached hydrogens (tertiary/aromatic N) is 1. The van der Waals surface area contributed by atoms with Crippen molar-refractivity contribution in [2.45, 2.75) is 12.2 Å². The lowest BCUT2D eigenvalue weighted by Crippen LogP contribution is -2.41. The van der Waals surface area contributed by atoms with E-state index in [0.717, 1.165) is 23.3 Å². The third kappa shape index (κ3) is 2.96. The van der Waals surface area contributed by atoms with Crippen LogP contribution in [0.2, 0.25) is 0 Å². The number of aromatic hydroxyl groups is 1. The highest BCUT2D eigenvalue weighted by molar-refractivity contribution is 9.10. The molecule has 0 bridgehead atoms. The minimum Gasteiger partial charge on any atom is -0.507 e. The molecule has 0 spiro atoms. The van der Waals surface area contributed by atoms with E-state index in [1.807, 2.05) is 16.7 Å². The molecule has 1 aliphatic rings. The second-order valence-electron chi connectivity index (χ2n) is 4.09. The minimum absolute atomic E-state index is 0.0454. The van der Waals surface area contributed by atoms with Crippen LogP contribution in [0.25, 0.3) is 0 Å². The highest BCUT2D eigenvalue weighted by Crippen LogP contribution is 2.25. The molecule has 0 radical (unpaired) electrons. The number of rotatable bonds is 1. The van der Waals surface area contributed by atoms with E-state index in [1.54, 1.807) is 18.2 Å². The Labute approximate surface area is 113 Å². The Kier molecular flexibility index (Phi) is 3.99. The molecule has 1 aromatic rings. The predicted molar refractivity (Wildman–Crippen MR) is 73.6 cm³/mol. The number of phenols is 1. The fourth-order valence-corrected chi connectivity index (χ4v) is 3.23. The van der Waals surface area contributed by atoms with Crippen molar-refractivity contribution < 1.29 is 9.90 Å². The Bertz CT molecular complexity index is 439. The van der Waals surface area contributed by atoms with Crippen LogP contribution in [0.15, 0.2) is 22.7 Å². The molecule has 1 atom stereocenters. The summed E-state index contributed by atoms with van der Waals surface area (Å²) in [5.41, 5.74) is 0.374. The summed E-state index contributed by atoms with van der Waals surface area (Å²) < 4.78 is 0.804. The first-order valence-electron chi connectivity index (χ1n) is 5.47. The number of phenolic OH excluding ortho intramolecular Hbond substituents is 1. The van der Waals surface area contributed by atoms with Gasteiger partial charge in [-0.05, 0) is 18.2 Å². The Morgan fingerprint density at radius 2 is 2.35 bits per heavy atom. The van der Waals surface area contributed by atoms with Gasteiger partial charge in [-0.25, -0.2) is 0 Å². The lowest BCUT2D eigenvalue weighted by molar-refractivity contribution is 0.0760. The van der Waals surface area contributed by atoms with Crippen molar-refractivity contribution in [3.8, 4) is 5.75 Å². The average molecular weight is 316 g/mol. The molecular formula is C12H14BrNO2S. The molecule has 0 saturated carbocycles. The van der Waals surface area contributed by atoms with E-state index in [1.165, 1.54) is 0 Å². The van der Waals surface area contributed by atoms with E-state index in [2.05, 4.69) is 22.9 Å². The lowest BCUT2D eigenvalue weighted by Gasteiger charge is -2.30. The number of halogens is 1. The molecule has 1 aliphatic heterocycles. The maximum Gasteiger partial charge on any atom is 0.257 e. The van der Waals surface area contributed by atoms with Gasteiger partial charge in [-0.2, -0.15) is 11.8 Å². The van der Waals surface area contributed by atoms with Crippen LogP contribution in [-0.4, -0.2) is 40.0 Å². The standard InChI is InChI=1S/C12H14BrNO2S/c1-8-7-14(4-5-17-8)12(16)10-6-9(13)2-3-11(10)15/h2-3,6,8,15H,4-5,7H2,1H3. The van der Waals surface area contributed by atoms with E-state index < -0.39 is 0 Å². The molecule has 0 aromatic heterocycles. The van der Waals surface area contributed by atoms with Gasteiger partial charge >= 0.3 is 0 Å². The van der Waals surface area contributed by atoms with Crippen LogP contribution in [0.4, 0.5) is 0 Å². The van der Waals surface area contributed by atoms with Gasteiger partial charge in [0.2, 0.25) is 0 Å². The van der Waals surface area contributed by atoms with Crippen LogP contribution in [0.1, 0.15) is 17.3 Å². The first kappa shape index (κ1) is 12.8. The van der Waals surface area contributed by atoms with Gasteiger partial charge in [-0.3, -0.25) is 4.79 Å². The van der Waals surface area contributed by atoms with Gasteiger partial charge in [0.25, 0.3) is 5.91 Å². The summed E-state index contributed by atoms with van der Waals surface area (Å²) in [6.45, 7) is 3.61. The quantitative estimate of drug-likeness (QED) is 0.866. The monoisotopic (exact) mass is 315 g/mol. The van der Waals surface area contributed by atoms with Crippen molar-refractivity contribution in [1.82, 2.24) is 4.90 Å². The van der Waals surface area contributed by atoms with Gasteiger partial charge in [0, 0.05) is 28.6 Å². The number of thioether (sulfide) groups is 1. The topological polar surface area (TPSA) is 40.5 Å². The molecule has 0 aliphatic carbocycles. The number of benzene rings is 1. The van der Waals surface area contributed by atoms with Crippen LogP contribution in [0.3, 0.4) is 0 Å². The Morgan fingerprint density at radius 3 is 3.06 bits per heavy atom. The molecule has 92 valence electrons. The summed E-state index contributed by atoms with van der Waals surface area (Å²) >= 11 is 5.19. The van der Waals surface area contributed by atoms with Gasteiger partial charge in [-0.1, -0.05) is 22.9 Å². The summed E-state index contributed by atoms with van der Waals surface area (Å²) in [5.74, 6) is 0.918. The molecule has 1 N–H and O–H groups in total. The molecule has 5 heteroatoms. The second kappa shape index (κ2) is 5.31. The first-order valence-corrected chi connectivity index (χ1v) is 7.31. The van der Waals surface area contributed by atoms with Crippen molar-refractivity contribution in [1.29, 1.82) is 0 Å². The number of hydrogen-bond donors (Lipinski definition) is 1. The molecule has 1 aromatic carbocycles. The van der Waals surface area contributed by atoms with Gasteiger partial charge in [0.05, 0.1) is 5.56 Å². The highest BCUT2D eigenvalue weighted by atomic mass is 79.9. The minimum atomic E-state index is -0.0871. The maximum absolute atomic E-state index is 12.3. The third-order valence-corrected chi connectivity index (χ3v) is 4.35. The predicted octanol–water partition coefficient (Wildman–Crippen LogP) is 2.73. The molecule has 3 nitrogen and oxygen atoms in total. The molecule has 17 heavy (non-hydrogen) atoms. The molecule has 1 fully saturated rings. The summed E-state index contributed by atoms with van der Waals surface area (Å²) in [5, 5.41) is 10.2.